The van der Waals surface area contributed by atoms with Gasteiger partial charge in [-0.05, 0) is 37.1 Å². The summed E-state index contributed by atoms with van der Waals surface area (Å²) in [6, 6.07) is 8.93. The Labute approximate surface area is 133 Å². The minimum Gasteiger partial charge on any atom is -0.492 e. The molecule has 2 rings (SSSR count). The van der Waals surface area contributed by atoms with Crippen molar-refractivity contribution in [1.82, 2.24) is 4.72 Å². The number of rotatable bonds is 6. The lowest BCUT2D eigenvalue weighted by Gasteiger charge is -2.12. The van der Waals surface area contributed by atoms with E-state index in [0.717, 1.165) is 28.2 Å². The highest BCUT2D eigenvalue weighted by Gasteiger charge is 2.16. The lowest BCUT2D eigenvalue weighted by atomic mass is 10.1. The van der Waals surface area contributed by atoms with Crippen LogP contribution in [0, 0.1) is 13.8 Å². The Bertz CT molecular complexity index is 705. The van der Waals surface area contributed by atoms with Crippen molar-refractivity contribution in [3.05, 3.63) is 45.8 Å². The molecule has 0 atom stereocenters. The van der Waals surface area contributed by atoms with Crippen molar-refractivity contribution in [2.45, 2.75) is 18.1 Å². The van der Waals surface area contributed by atoms with Crippen LogP contribution < -0.4 is 9.46 Å². The van der Waals surface area contributed by atoms with Gasteiger partial charge in [-0.1, -0.05) is 29.8 Å². The SMILES string of the molecule is Cc1cccc(C)c1OCCNS(=O)(=O)c1ccc(Cl)s1. The first-order valence-corrected chi connectivity index (χ1v) is 9.02. The average Bonchev–Trinajstić information content (AvgIpc) is 2.85. The van der Waals surface area contributed by atoms with Crippen LogP contribution in [0.3, 0.4) is 0 Å². The fourth-order valence-electron chi connectivity index (χ4n) is 1.87. The number of hydrogen-bond acceptors (Lipinski definition) is 4. The number of benzene rings is 1. The van der Waals surface area contributed by atoms with E-state index >= 15 is 0 Å². The van der Waals surface area contributed by atoms with E-state index in [1.165, 1.54) is 6.07 Å². The van der Waals surface area contributed by atoms with Gasteiger partial charge in [0.1, 0.15) is 16.6 Å². The molecular formula is C14H16ClNO3S2. The molecule has 0 amide bonds. The van der Waals surface area contributed by atoms with Gasteiger partial charge in [-0.25, -0.2) is 13.1 Å². The zero-order chi connectivity index (χ0) is 15.5. The summed E-state index contributed by atoms with van der Waals surface area (Å²) in [4.78, 5) is 0. The first-order valence-electron chi connectivity index (χ1n) is 6.34. The van der Waals surface area contributed by atoms with Crippen molar-refractivity contribution in [3.8, 4) is 5.75 Å². The molecule has 0 aliphatic rings. The molecule has 21 heavy (non-hydrogen) atoms. The van der Waals surface area contributed by atoms with E-state index in [4.69, 9.17) is 16.3 Å². The summed E-state index contributed by atoms with van der Waals surface area (Å²) in [6.45, 7) is 4.38. The van der Waals surface area contributed by atoms with Crippen LogP contribution in [0.25, 0.3) is 0 Å². The second-order valence-corrected chi connectivity index (χ2v) is 8.23. The highest BCUT2D eigenvalue weighted by Crippen LogP contribution is 2.25. The second-order valence-electron chi connectivity index (χ2n) is 4.53. The topological polar surface area (TPSA) is 55.4 Å². The third kappa shape index (κ3) is 4.20. The smallest absolute Gasteiger partial charge is 0.250 e. The highest BCUT2D eigenvalue weighted by atomic mass is 35.5. The monoisotopic (exact) mass is 345 g/mol. The first kappa shape index (κ1) is 16.3. The predicted molar refractivity (Wildman–Crippen MR) is 85.9 cm³/mol. The Morgan fingerprint density at radius 1 is 1.19 bits per heavy atom. The fraction of sp³-hybridized carbons (Fsp3) is 0.286. The molecule has 0 saturated heterocycles. The third-order valence-electron chi connectivity index (χ3n) is 2.86. The Hall–Kier alpha value is -1.08. The van der Waals surface area contributed by atoms with Gasteiger partial charge >= 0.3 is 0 Å². The van der Waals surface area contributed by atoms with E-state index in [0.29, 0.717) is 4.34 Å². The molecule has 0 unspecified atom stereocenters. The number of nitrogens with one attached hydrogen (secondary N) is 1. The number of aryl methyl sites for hydroxylation is 2. The van der Waals surface area contributed by atoms with Gasteiger partial charge in [0.2, 0.25) is 10.0 Å². The molecule has 2 aromatic rings. The number of para-hydroxylation sites is 1. The van der Waals surface area contributed by atoms with E-state index in [1.54, 1.807) is 6.07 Å². The molecule has 1 aromatic heterocycles. The van der Waals surface area contributed by atoms with E-state index in [2.05, 4.69) is 4.72 Å². The van der Waals surface area contributed by atoms with Crippen molar-refractivity contribution in [2.24, 2.45) is 0 Å². The van der Waals surface area contributed by atoms with Gasteiger partial charge in [-0.15, -0.1) is 11.3 Å². The van der Waals surface area contributed by atoms with E-state index < -0.39 is 10.0 Å². The van der Waals surface area contributed by atoms with Crippen molar-refractivity contribution < 1.29 is 13.2 Å². The summed E-state index contributed by atoms with van der Waals surface area (Å²) in [5, 5.41) is 0. The van der Waals surface area contributed by atoms with Crippen molar-refractivity contribution in [2.75, 3.05) is 13.2 Å². The summed E-state index contributed by atoms with van der Waals surface area (Å²) in [7, 11) is -3.51. The third-order valence-corrected chi connectivity index (χ3v) is 6.05. The van der Waals surface area contributed by atoms with Gasteiger partial charge in [0.25, 0.3) is 0 Å². The second kappa shape index (κ2) is 6.79. The molecule has 1 heterocycles. The first-order chi connectivity index (χ1) is 9.90. The highest BCUT2D eigenvalue weighted by molar-refractivity contribution is 7.91. The van der Waals surface area contributed by atoms with Gasteiger partial charge in [0, 0.05) is 6.54 Å². The van der Waals surface area contributed by atoms with Gasteiger partial charge in [0.05, 0.1) is 4.34 Å². The van der Waals surface area contributed by atoms with Crippen molar-refractivity contribution >= 4 is 33.0 Å². The quantitative estimate of drug-likeness (QED) is 0.816. The lowest BCUT2D eigenvalue weighted by molar-refractivity contribution is 0.318. The van der Waals surface area contributed by atoms with Crippen LogP contribution in [0.15, 0.2) is 34.5 Å². The molecular weight excluding hydrogens is 330 g/mol. The maximum absolute atomic E-state index is 12.0. The molecule has 0 saturated carbocycles. The minimum atomic E-state index is -3.51. The van der Waals surface area contributed by atoms with Gasteiger partial charge in [-0.3, -0.25) is 0 Å². The summed E-state index contributed by atoms with van der Waals surface area (Å²) >= 11 is 6.77. The molecule has 0 aliphatic heterocycles. The van der Waals surface area contributed by atoms with Gasteiger partial charge in [-0.2, -0.15) is 0 Å². The number of ether oxygens (including phenoxy) is 1. The molecule has 4 nitrogen and oxygen atoms in total. The molecule has 7 heteroatoms. The number of halogens is 1. The lowest BCUT2D eigenvalue weighted by Crippen LogP contribution is -2.27. The molecule has 0 bridgehead atoms. The normalized spacial score (nSPS) is 11.6. The maximum atomic E-state index is 12.0. The Morgan fingerprint density at radius 3 is 2.43 bits per heavy atom. The van der Waals surface area contributed by atoms with E-state index in [9.17, 15) is 8.42 Å². The average molecular weight is 346 g/mol. The zero-order valence-corrected chi connectivity index (χ0v) is 14.1. The summed E-state index contributed by atoms with van der Waals surface area (Å²) in [5.41, 5.74) is 2.06. The minimum absolute atomic E-state index is 0.200. The van der Waals surface area contributed by atoms with Gasteiger partial charge < -0.3 is 4.74 Å². The van der Waals surface area contributed by atoms with Crippen LogP contribution >= 0.6 is 22.9 Å². The Morgan fingerprint density at radius 2 is 1.86 bits per heavy atom. The summed E-state index contributed by atoms with van der Waals surface area (Å²) < 4.78 is 32.8. The maximum Gasteiger partial charge on any atom is 0.250 e. The Kier molecular flexibility index (Phi) is 5.27. The number of thiophene rings is 1. The van der Waals surface area contributed by atoms with Crippen LogP contribution in [0.4, 0.5) is 0 Å². The van der Waals surface area contributed by atoms with Crippen LogP contribution in [-0.2, 0) is 10.0 Å². The molecule has 1 N–H and O–H groups in total. The standard InChI is InChI=1S/C14H16ClNO3S2/c1-10-4-3-5-11(2)14(10)19-9-8-16-21(17,18)13-7-6-12(15)20-13/h3-7,16H,8-9H2,1-2H3. The van der Waals surface area contributed by atoms with Crippen molar-refractivity contribution in [1.29, 1.82) is 0 Å². The molecule has 0 radical (unpaired) electrons. The predicted octanol–water partition coefficient (Wildman–Crippen LogP) is 3.38. The van der Waals surface area contributed by atoms with Gasteiger partial charge in [0.15, 0.2) is 0 Å². The number of sulfonamides is 1. The van der Waals surface area contributed by atoms with Crippen LogP contribution in [0.1, 0.15) is 11.1 Å². The number of hydrogen-bond donors (Lipinski definition) is 1. The van der Waals surface area contributed by atoms with E-state index in [-0.39, 0.29) is 17.4 Å². The van der Waals surface area contributed by atoms with Crippen LogP contribution in [0.2, 0.25) is 4.34 Å². The summed E-state index contributed by atoms with van der Waals surface area (Å²) in [6.07, 6.45) is 0. The van der Waals surface area contributed by atoms with Crippen LogP contribution in [0.5, 0.6) is 5.75 Å². The van der Waals surface area contributed by atoms with Crippen LogP contribution in [-0.4, -0.2) is 21.6 Å². The zero-order valence-electron chi connectivity index (χ0n) is 11.7. The molecule has 1 aromatic carbocycles. The van der Waals surface area contributed by atoms with E-state index in [1.807, 2.05) is 32.0 Å². The largest absolute Gasteiger partial charge is 0.492 e. The fourth-order valence-corrected chi connectivity index (χ4v) is 4.41. The summed E-state index contributed by atoms with van der Waals surface area (Å²) in [5.74, 6) is 0.802. The molecule has 0 fully saturated rings. The molecule has 114 valence electrons. The Balaban J connectivity index is 1.90. The molecule has 0 aliphatic carbocycles. The van der Waals surface area contributed by atoms with Crippen molar-refractivity contribution in [3.63, 3.8) is 0 Å². The molecule has 0 spiro atoms.